The van der Waals surface area contributed by atoms with Gasteiger partial charge in [0.05, 0.1) is 11.3 Å². The number of carbonyl (C=O) groups excluding carboxylic acids is 1. The third kappa shape index (κ3) is 4.30. The van der Waals surface area contributed by atoms with E-state index in [0.717, 1.165) is 12.2 Å². The van der Waals surface area contributed by atoms with Gasteiger partial charge in [0, 0.05) is 18.1 Å². The summed E-state index contributed by atoms with van der Waals surface area (Å²) < 4.78 is 0. The maximum Gasteiger partial charge on any atom is 0.256 e. The van der Waals surface area contributed by atoms with Gasteiger partial charge in [-0.2, -0.15) is 11.8 Å². The van der Waals surface area contributed by atoms with Gasteiger partial charge in [-0.05, 0) is 43.6 Å². The van der Waals surface area contributed by atoms with E-state index >= 15 is 0 Å². The van der Waals surface area contributed by atoms with Crippen molar-refractivity contribution >= 4 is 35.0 Å². The molecule has 1 atom stereocenters. The molecule has 0 saturated heterocycles. The number of anilines is 1. The van der Waals surface area contributed by atoms with Gasteiger partial charge >= 0.3 is 0 Å². The molecule has 19 heavy (non-hydrogen) atoms. The average molecular weight is 302 g/mol. The van der Waals surface area contributed by atoms with Gasteiger partial charge in [-0.1, -0.05) is 11.6 Å². The van der Waals surface area contributed by atoms with Crippen LogP contribution in [0.1, 0.15) is 23.7 Å². The Hall–Kier alpha value is -0.910. The highest BCUT2D eigenvalue weighted by Crippen LogP contribution is 2.22. The first-order chi connectivity index (χ1) is 9.01. The predicted molar refractivity (Wildman–Crippen MR) is 83.8 cm³/mol. The van der Waals surface area contributed by atoms with Crippen LogP contribution in [0.2, 0.25) is 5.02 Å². The molecule has 106 valence electrons. The molecule has 0 fully saturated rings. The minimum absolute atomic E-state index is 0.0796. The molecule has 3 N–H and O–H groups in total. The zero-order valence-electron chi connectivity index (χ0n) is 11.4. The minimum atomic E-state index is -0.0796. The summed E-state index contributed by atoms with van der Waals surface area (Å²) in [6.07, 6.45) is 3.01. The van der Waals surface area contributed by atoms with Crippen LogP contribution in [0.3, 0.4) is 0 Å². The number of amides is 1. The summed E-state index contributed by atoms with van der Waals surface area (Å²) in [5, 5.41) is 0.521. The number of nitrogens with one attached hydrogen (secondary N) is 1. The summed E-state index contributed by atoms with van der Waals surface area (Å²) in [4.78, 5) is 14.2. The second-order valence-electron chi connectivity index (χ2n) is 4.38. The van der Waals surface area contributed by atoms with Gasteiger partial charge in [0.15, 0.2) is 0 Å². The molecule has 0 aliphatic heterocycles. The highest BCUT2D eigenvalue weighted by Gasteiger charge is 2.20. The van der Waals surface area contributed by atoms with Gasteiger partial charge < -0.3 is 10.3 Å². The number of rotatable bonds is 6. The third-order valence-corrected chi connectivity index (χ3v) is 3.97. The van der Waals surface area contributed by atoms with Gasteiger partial charge in [0.1, 0.15) is 0 Å². The SMILES string of the molecule is CSCCC(C)N(C)C(=O)c1cc(Cl)ccc1NN. The van der Waals surface area contributed by atoms with Crippen LogP contribution in [0.15, 0.2) is 18.2 Å². The number of nitrogen functional groups attached to an aromatic ring is 1. The highest BCUT2D eigenvalue weighted by molar-refractivity contribution is 7.98. The van der Waals surface area contributed by atoms with Crippen LogP contribution in [0, 0.1) is 0 Å². The largest absolute Gasteiger partial charge is 0.339 e. The number of hydrazine groups is 1. The zero-order chi connectivity index (χ0) is 14.4. The van der Waals surface area contributed by atoms with Crippen molar-refractivity contribution in [3.8, 4) is 0 Å². The molecular formula is C13H20ClN3OS. The molecule has 0 heterocycles. The fourth-order valence-corrected chi connectivity index (χ4v) is 2.44. The standard InChI is InChI=1S/C13H20ClN3OS/c1-9(6-7-19-3)17(2)13(18)11-8-10(14)4-5-12(11)16-15/h4-5,8-9,16H,6-7,15H2,1-3H3. The van der Waals surface area contributed by atoms with E-state index < -0.39 is 0 Å². The third-order valence-electron chi connectivity index (χ3n) is 3.09. The molecule has 0 bridgehead atoms. The van der Waals surface area contributed by atoms with Crippen LogP contribution in [0.5, 0.6) is 0 Å². The molecule has 0 aliphatic rings. The van der Waals surface area contributed by atoms with Crippen molar-refractivity contribution in [2.45, 2.75) is 19.4 Å². The van der Waals surface area contributed by atoms with E-state index in [9.17, 15) is 4.79 Å². The quantitative estimate of drug-likeness (QED) is 0.626. The average Bonchev–Trinajstić information content (AvgIpc) is 2.42. The van der Waals surface area contributed by atoms with E-state index in [1.165, 1.54) is 0 Å². The number of nitrogens with zero attached hydrogens (tertiary/aromatic N) is 1. The van der Waals surface area contributed by atoms with Crippen LogP contribution < -0.4 is 11.3 Å². The van der Waals surface area contributed by atoms with Crippen LogP contribution in [0.4, 0.5) is 5.69 Å². The van der Waals surface area contributed by atoms with E-state index in [4.69, 9.17) is 17.4 Å². The van der Waals surface area contributed by atoms with Gasteiger partial charge in [0.25, 0.3) is 5.91 Å². The molecule has 1 aromatic carbocycles. The van der Waals surface area contributed by atoms with E-state index in [2.05, 4.69) is 11.7 Å². The highest BCUT2D eigenvalue weighted by atomic mass is 35.5. The minimum Gasteiger partial charge on any atom is -0.339 e. The summed E-state index contributed by atoms with van der Waals surface area (Å²) >= 11 is 7.72. The number of carbonyl (C=O) groups is 1. The Morgan fingerprint density at radius 3 is 2.84 bits per heavy atom. The van der Waals surface area contributed by atoms with Crippen LogP contribution >= 0.6 is 23.4 Å². The lowest BCUT2D eigenvalue weighted by Crippen LogP contribution is -2.36. The Morgan fingerprint density at radius 2 is 2.26 bits per heavy atom. The van der Waals surface area contributed by atoms with Gasteiger partial charge in [-0.25, -0.2) is 0 Å². The van der Waals surface area contributed by atoms with Gasteiger partial charge in [-0.15, -0.1) is 0 Å². The van der Waals surface area contributed by atoms with Crippen molar-refractivity contribution in [3.63, 3.8) is 0 Å². The van der Waals surface area contributed by atoms with Gasteiger partial charge in [0.2, 0.25) is 0 Å². The molecule has 4 nitrogen and oxygen atoms in total. The monoisotopic (exact) mass is 301 g/mol. The van der Waals surface area contributed by atoms with Crippen LogP contribution in [-0.2, 0) is 0 Å². The van der Waals surface area contributed by atoms with E-state index in [-0.39, 0.29) is 11.9 Å². The number of thioether (sulfide) groups is 1. The lowest BCUT2D eigenvalue weighted by atomic mass is 10.1. The molecule has 0 spiro atoms. The fourth-order valence-electron chi connectivity index (χ4n) is 1.69. The number of nitrogens with two attached hydrogens (primary N) is 1. The van der Waals surface area contributed by atoms with Gasteiger partial charge in [-0.3, -0.25) is 10.6 Å². The van der Waals surface area contributed by atoms with E-state index in [0.29, 0.717) is 16.3 Å². The van der Waals surface area contributed by atoms with E-state index in [1.54, 1.807) is 41.9 Å². The second-order valence-corrected chi connectivity index (χ2v) is 5.80. The summed E-state index contributed by atoms with van der Waals surface area (Å²) in [5.74, 6) is 6.37. The normalized spacial score (nSPS) is 12.1. The molecule has 1 unspecified atom stereocenters. The van der Waals surface area contributed by atoms with Crippen molar-refractivity contribution in [2.75, 3.05) is 24.5 Å². The Bertz CT molecular complexity index is 442. The smallest absolute Gasteiger partial charge is 0.256 e. The maximum absolute atomic E-state index is 12.4. The topological polar surface area (TPSA) is 58.4 Å². The summed E-state index contributed by atoms with van der Waals surface area (Å²) in [7, 11) is 1.80. The molecule has 1 aromatic rings. The molecule has 0 saturated carbocycles. The number of halogens is 1. The van der Waals surface area contributed by atoms with Crippen LogP contribution in [-0.4, -0.2) is 35.9 Å². The Labute approximate surface area is 123 Å². The lowest BCUT2D eigenvalue weighted by Gasteiger charge is -2.25. The zero-order valence-corrected chi connectivity index (χ0v) is 13.0. The molecule has 6 heteroatoms. The van der Waals surface area contributed by atoms with Crippen molar-refractivity contribution < 1.29 is 4.79 Å². The molecule has 0 aromatic heterocycles. The predicted octanol–water partition coefficient (Wildman–Crippen LogP) is 2.84. The van der Waals surface area contributed by atoms with Crippen molar-refractivity contribution in [3.05, 3.63) is 28.8 Å². The second kappa shape index (κ2) is 7.62. The van der Waals surface area contributed by atoms with E-state index in [1.807, 2.05) is 6.92 Å². The summed E-state index contributed by atoms with van der Waals surface area (Å²) in [5.41, 5.74) is 3.61. The molecule has 0 radical (unpaired) electrons. The number of hydrogen-bond donors (Lipinski definition) is 2. The Morgan fingerprint density at radius 1 is 1.58 bits per heavy atom. The Balaban J connectivity index is 2.89. The fraction of sp³-hybridized carbons (Fsp3) is 0.462. The molecule has 0 aliphatic carbocycles. The molecule has 1 amide bonds. The molecule has 1 rings (SSSR count). The number of hydrogen-bond acceptors (Lipinski definition) is 4. The van der Waals surface area contributed by atoms with Crippen molar-refractivity contribution in [1.29, 1.82) is 0 Å². The Kier molecular flexibility index (Phi) is 6.48. The number of benzene rings is 1. The summed E-state index contributed by atoms with van der Waals surface area (Å²) in [6.45, 7) is 2.04. The molecular weight excluding hydrogens is 282 g/mol. The first-order valence-corrected chi connectivity index (χ1v) is 7.80. The van der Waals surface area contributed by atoms with Crippen molar-refractivity contribution in [1.82, 2.24) is 4.90 Å². The van der Waals surface area contributed by atoms with Crippen LogP contribution in [0.25, 0.3) is 0 Å². The first-order valence-electron chi connectivity index (χ1n) is 6.03. The maximum atomic E-state index is 12.4. The van der Waals surface area contributed by atoms with Crippen molar-refractivity contribution in [2.24, 2.45) is 5.84 Å². The summed E-state index contributed by atoms with van der Waals surface area (Å²) in [6, 6.07) is 5.21. The first kappa shape index (κ1) is 16.1. The lowest BCUT2D eigenvalue weighted by molar-refractivity contribution is 0.0742.